The van der Waals surface area contributed by atoms with Gasteiger partial charge in [0.05, 0.1) is 6.42 Å². The Morgan fingerprint density at radius 3 is 1.93 bits per heavy atom. The third kappa shape index (κ3) is 5.70. The van der Waals surface area contributed by atoms with Gasteiger partial charge in [0.15, 0.2) is 0 Å². The first-order valence-electron chi connectivity index (χ1n) is 10.0. The molecule has 5 nitrogen and oxygen atoms in total. The standard InChI is InChI=1S/C25H27N3O2/c1-18(2)28(25(30)17-20-9-11-22(12-10-20)26-19(3)29)24-15-13-23(14-16-24)27-21-7-5-4-6-8-21/h4-16,18,27H,17H2,1-3H3,(H,26,29). The predicted molar refractivity (Wildman–Crippen MR) is 123 cm³/mol. The molecule has 2 amide bonds. The first kappa shape index (κ1) is 21.1. The number of carbonyl (C=O) groups is 2. The van der Waals surface area contributed by atoms with E-state index in [0.29, 0.717) is 6.42 Å². The van der Waals surface area contributed by atoms with Crippen molar-refractivity contribution in [3.8, 4) is 0 Å². The van der Waals surface area contributed by atoms with E-state index in [2.05, 4.69) is 10.6 Å². The molecule has 0 saturated carbocycles. The van der Waals surface area contributed by atoms with Crippen LogP contribution in [0.25, 0.3) is 0 Å². The highest BCUT2D eigenvalue weighted by Crippen LogP contribution is 2.24. The highest BCUT2D eigenvalue weighted by atomic mass is 16.2. The van der Waals surface area contributed by atoms with Crippen LogP contribution in [0.2, 0.25) is 0 Å². The summed E-state index contributed by atoms with van der Waals surface area (Å²) >= 11 is 0. The van der Waals surface area contributed by atoms with Crippen LogP contribution in [0.5, 0.6) is 0 Å². The number of rotatable bonds is 7. The first-order chi connectivity index (χ1) is 14.4. The van der Waals surface area contributed by atoms with Gasteiger partial charge >= 0.3 is 0 Å². The Kier molecular flexibility index (Phi) is 6.86. The summed E-state index contributed by atoms with van der Waals surface area (Å²) in [7, 11) is 0. The highest BCUT2D eigenvalue weighted by Gasteiger charge is 2.19. The average Bonchev–Trinajstić information content (AvgIpc) is 2.71. The van der Waals surface area contributed by atoms with Gasteiger partial charge in [-0.3, -0.25) is 9.59 Å². The fourth-order valence-corrected chi connectivity index (χ4v) is 3.29. The molecule has 2 N–H and O–H groups in total. The lowest BCUT2D eigenvalue weighted by atomic mass is 10.1. The molecule has 0 bridgehead atoms. The molecule has 0 atom stereocenters. The number of carbonyl (C=O) groups excluding carboxylic acids is 2. The van der Waals surface area contributed by atoms with Crippen LogP contribution >= 0.6 is 0 Å². The number of nitrogens with one attached hydrogen (secondary N) is 2. The van der Waals surface area contributed by atoms with Crippen LogP contribution in [-0.4, -0.2) is 17.9 Å². The van der Waals surface area contributed by atoms with Crippen molar-refractivity contribution < 1.29 is 9.59 Å². The van der Waals surface area contributed by atoms with Crippen molar-refractivity contribution in [3.63, 3.8) is 0 Å². The second kappa shape index (κ2) is 9.74. The van der Waals surface area contributed by atoms with Crippen molar-refractivity contribution in [3.05, 3.63) is 84.4 Å². The van der Waals surface area contributed by atoms with E-state index >= 15 is 0 Å². The van der Waals surface area contributed by atoms with Gasteiger partial charge in [0.1, 0.15) is 0 Å². The summed E-state index contributed by atoms with van der Waals surface area (Å²) in [6.07, 6.45) is 0.294. The minimum atomic E-state index is -0.116. The molecule has 3 rings (SSSR count). The summed E-state index contributed by atoms with van der Waals surface area (Å²) in [5, 5.41) is 6.09. The molecule has 5 heteroatoms. The van der Waals surface area contributed by atoms with Crippen LogP contribution in [0.4, 0.5) is 22.7 Å². The summed E-state index contributed by atoms with van der Waals surface area (Å²) < 4.78 is 0. The molecule has 0 aliphatic rings. The number of hydrogen-bond acceptors (Lipinski definition) is 3. The molecule has 0 aliphatic carbocycles. The molecule has 3 aromatic rings. The minimum Gasteiger partial charge on any atom is -0.356 e. The average molecular weight is 402 g/mol. The van der Waals surface area contributed by atoms with Crippen LogP contribution in [0, 0.1) is 0 Å². The van der Waals surface area contributed by atoms with E-state index in [9.17, 15) is 9.59 Å². The minimum absolute atomic E-state index is 0.0287. The number of nitrogens with zero attached hydrogens (tertiary/aromatic N) is 1. The lowest BCUT2D eigenvalue weighted by molar-refractivity contribution is -0.118. The molecule has 0 fully saturated rings. The van der Waals surface area contributed by atoms with E-state index in [1.807, 2.05) is 97.6 Å². The summed E-state index contributed by atoms with van der Waals surface area (Å²) in [4.78, 5) is 26.0. The number of anilines is 4. The zero-order valence-electron chi connectivity index (χ0n) is 17.6. The highest BCUT2D eigenvalue weighted by molar-refractivity contribution is 5.95. The van der Waals surface area contributed by atoms with Crippen LogP contribution in [-0.2, 0) is 16.0 Å². The zero-order valence-corrected chi connectivity index (χ0v) is 17.6. The number of hydrogen-bond donors (Lipinski definition) is 2. The number of amides is 2. The molecule has 3 aromatic carbocycles. The van der Waals surface area contributed by atoms with E-state index in [4.69, 9.17) is 0 Å². The summed E-state index contributed by atoms with van der Waals surface area (Å²) in [5.41, 5.74) is 4.48. The SMILES string of the molecule is CC(=O)Nc1ccc(CC(=O)N(c2ccc(Nc3ccccc3)cc2)C(C)C)cc1. The van der Waals surface area contributed by atoms with Crippen molar-refractivity contribution in [1.82, 2.24) is 0 Å². The second-order valence-corrected chi connectivity index (χ2v) is 7.45. The van der Waals surface area contributed by atoms with Gasteiger partial charge in [0.2, 0.25) is 11.8 Å². The molecule has 0 saturated heterocycles. The van der Waals surface area contributed by atoms with Crippen molar-refractivity contribution in [2.75, 3.05) is 15.5 Å². The van der Waals surface area contributed by atoms with Gasteiger partial charge in [-0.2, -0.15) is 0 Å². The second-order valence-electron chi connectivity index (χ2n) is 7.45. The van der Waals surface area contributed by atoms with Crippen LogP contribution in [0.1, 0.15) is 26.3 Å². The van der Waals surface area contributed by atoms with Crippen LogP contribution in [0.15, 0.2) is 78.9 Å². The Morgan fingerprint density at radius 1 is 0.800 bits per heavy atom. The molecule has 0 spiro atoms. The van der Waals surface area contributed by atoms with Gasteiger partial charge in [-0.15, -0.1) is 0 Å². The Labute approximate surface area is 177 Å². The van der Waals surface area contributed by atoms with Gasteiger partial charge < -0.3 is 15.5 Å². The van der Waals surface area contributed by atoms with Crippen LogP contribution in [0.3, 0.4) is 0 Å². The van der Waals surface area contributed by atoms with Gasteiger partial charge in [0.25, 0.3) is 0 Å². The maximum Gasteiger partial charge on any atom is 0.231 e. The lowest BCUT2D eigenvalue weighted by Gasteiger charge is -2.27. The Balaban J connectivity index is 1.70. The maximum absolute atomic E-state index is 13.0. The monoisotopic (exact) mass is 401 g/mol. The normalized spacial score (nSPS) is 10.5. The van der Waals surface area contributed by atoms with Crippen molar-refractivity contribution in [2.24, 2.45) is 0 Å². The van der Waals surface area contributed by atoms with Crippen molar-refractivity contribution in [1.29, 1.82) is 0 Å². The molecule has 0 heterocycles. The molecule has 0 aromatic heterocycles. The molecule has 0 radical (unpaired) electrons. The van der Waals surface area contributed by atoms with Gasteiger partial charge in [-0.05, 0) is 67.9 Å². The number of para-hydroxylation sites is 1. The van der Waals surface area contributed by atoms with Crippen molar-refractivity contribution in [2.45, 2.75) is 33.2 Å². The Hall–Kier alpha value is -3.60. The third-order valence-electron chi connectivity index (χ3n) is 4.62. The molecule has 0 aliphatic heterocycles. The van der Waals surface area contributed by atoms with E-state index in [0.717, 1.165) is 28.3 Å². The number of benzene rings is 3. The molecule has 0 unspecified atom stereocenters. The summed E-state index contributed by atoms with van der Waals surface area (Å²) in [6.45, 7) is 5.49. The Bertz CT molecular complexity index is 981. The fraction of sp³-hybridized carbons (Fsp3) is 0.200. The first-order valence-corrected chi connectivity index (χ1v) is 10.0. The van der Waals surface area contributed by atoms with E-state index in [1.165, 1.54) is 6.92 Å². The fourth-order valence-electron chi connectivity index (χ4n) is 3.29. The van der Waals surface area contributed by atoms with Gasteiger partial charge in [-0.25, -0.2) is 0 Å². The lowest BCUT2D eigenvalue weighted by Crippen LogP contribution is -2.38. The molecule has 154 valence electrons. The molecular formula is C25H27N3O2. The largest absolute Gasteiger partial charge is 0.356 e. The van der Waals surface area contributed by atoms with Crippen molar-refractivity contribution >= 4 is 34.6 Å². The summed E-state index contributed by atoms with van der Waals surface area (Å²) in [5.74, 6) is -0.0870. The van der Waals surface area contributed by atoms with E-state index in [-0.39, 0.29) is 17.9 Å². The summed E-state index contributed by atoms with van der Waals surface area (Å²) in [6, 6.07) is 25.2. The maximum atomic E-state index is 13.0. The smallest absolute Gasteiger partial charge is 0.231 e. The Morgan fingerprint density at radius 2 is 1.37 bits per heavy atom. The topological polar surface area (TPSA) is 61.4 Å². The third-order valence-corrected chi connectivity index (χ3v) is 4.62. The zero-order chi connectivity index (χ0) is 21.5. The molecule has 30 heavy (non-hydrogen) atoms. The molecular weight excluding hydrogens is 374 g/mol. The van der Waals surface area contributed by atoms with Gasteiger partial charge in [-0.1, -0.05) is 30.3 Å². The van der Waals surface area contributed by atoms with E-state index < -0.39 is 0 Å². The van der Waals surface area contributed by atoms with Gasteiger partial charge in [0, 0.05) is 35.7 Å². The van der Waals surface area contributed by atoms with Crippen LogP contribution < -0.4 is 15.5 Å². The van der Waals surface area contributed by atoms with E-state index in [1.54, 1.807) is 0 Å². The quantitative estimate of drug-likeness (QED) is 0.559. The predicted octanol–water partition coefficient (Wildman–Crippen LogP) is 5.37.